The molecular formula is C6H14O2Si. The molecule has 0 aromatic rings. The van der Waals surface area contributed by atoms with Gasteiger partial charge in [0.25, 0.3) is 5.97 Å². The summed E-state index contributed by atoms with van der Waals surface area (Å²) in [5, 5.41) is 0. The molecular weight excluding hydrogens is 132 g/mol. The van der Waals surface area contributed by atoms with Gasteiger partial charge in [-0.05, 0) is 5.92 Å². The predicted molar refractivity (Wildman–Crippen MR) is 40.0 cm³/mol. The third-order valence-corrected chi connectivity index (χ3v) is 1.98. The summed E-state index contributed by atoms with van der Waals surface area (Å²) in [6.07, 6.45) is 0. The van der Waals surface area contributed by atoms with Crippen LogP contribution in [0.1, 0.15) is 20.8 Å². The van der Waals surface area contributed by atoms with Gasteiger partial charge in [0.2, 0.25) is 10.5 Å². The number of carbonyl (C=O) groups is 1. The summed E-state index contributed by atoms with van der Waals surface area (Å²) in [4.78, 5) is 10.8. The summed E-state index contributed by atoms with van der Waals surface area (Å²) >= 11 is 0. The Bertz CT molecular complexity index is 101. The van der Waals surface area contributed by atoms with Crippen LogP contribution in [-0.4, -0.2) is 16.5 Å². The van der Waals surface area contributed by atoms with Crippen molar-refractivity contribution in [2.75, 3.05) is 0 Å². The second-order valence-corrected chi connectivity index (χ2v) is 2.96. The smallest absolute Gasteiger partial charge is 0.294 e. The van der Waals surface area contributed by atoms with E-state index in [-0.39, 0.29) is 11.9 Å². The van der Waals surface area contributed by atoms with Crippen LogP contribution in [0.5, 0.6) is 0 Å². The fourth-order valence-electron chi connectivity index (χ4n) is 0.458. The van der Waals surface area contributed by atoms with Crippen LogP contribution in [0.3, 0.4) is 0 Å². The van der Waals surface area contributed by atoms with E-state index in [0.29, 0.717) is 16.4 Å². The average Bonchev–Trinajstić information content (AvgIpc) is 1.84. The molecule has 1 unspecified atom stereocenters. The molecule has 0 aliphatic carbocycles. The zero-order chi connectivity index (χ0) is 7.44. The van der Waals surface area contributed by atoms with Crippen molar-refractivity contribution in [3.8, 4) is 0 Å². The first-order valence-electron chi connectivity index (χ1n) is 3.17. The molecule has 9 heavy (non-hydrogen) atoms. The minimum atomic E-state index is -0.0586. The SMILES string of the molecule is CC(C)C(C)C(=O)O[SiH3]. The van der Waals surface area contributed by atoms with Gasteiger partial charge in [0.1, 0.15) is 0 Å². The van der Waals surface area contributed by atoms with E-state index in [0.717, 1.165) is 0 Å². The number of hydrogen-bond acceptors (Lipinski definition) is 2. The molecule has 0 radical (unpaired) electrons. The molecule has 0 bridgehead atoms. The molecule has 0 fully saturated rings. The van der Waals surface area contributed by atoms with Crippen LogP contribution in [0.2, 0.25) is 0 Å². The van der Waals surface area contributed by atoms with Crippen molar-refractivity contribution in [2.24, 2.45) is 11.8 Å². The zero-order valence-corrected chi connectivity index (χ0v) is 8.47. The van der Waals surface area contributed by atoms with Crippen LogP contribution in [0.15, 0.2) is 0 Å². The summed E-state index contributed by atoms with van der Waals surface area (Å²) in [7, 11) is 0.517. The van der Waals surface area contributed by atoms with Crippen LogP contribution < -0.4 is 0 Å². The second kappa shape index (κ2) is 3.66. The van der Waals surface area contributed by atoms with Crippen molar-refractivity contribution in [3.63, 3.8) is 0 Å². The van der Waals surface area contributed by atoms with Crippen molar-refractivity contribution in [1.82, 2.24) is 0 Å². The lowest BCUT2D eigenvalue weighted by Gasteiger charge is -2.11. The van der Waals surface area contributed by atoms with Crippen molar-refractivity contribution < 1.29 is 9.22 Å². The summed E-state index contributed by atoms with van der Waals surface area (Å²) in [6, 6.07) is 0. The van der Waals surface area contributed by atoms with Crippen molar-refractivity contribution >= 4 is 16.5 Å². The average molecular weight is 146 g/mol. The van der Waals surface area contributed by atoms with E-state index in [1.54, 1.807) is 0 Å². The molecule has 0 heterocycles. The molecule has 0 spiro atoms. The van der Waals surface area contributed by atoms with Gasteiger partial charge >= 0.3 is 0 Å². The van der Waals surface area contributed by atoms with Gasteiger partial charge in [-0.15, -0.1) is 0 Å². The highest BCUT2D eigenvalue weighted by Crippen LogP contribution is 2.09. The topological polar surface area (TPSA) is 26.3 Å². The molecule has 1 atom stereocenters. The molecule has 0 N–H and O–H groups in total. The van der Waals surface area contributed by atoms with E-state index in [1.165, 1.54) is 0 Å². The molecule has 54 valence electrons. The number of hydrogen-bond donors (Lipinski definition) is 0. The van der Waals surface area contributed by atoms with Crippen LogP contribution >= 0.6 is 0 Å². The molecule has 0 amide bonds. The van der Waals surface area contributed by atoms with E-state index in [1.807, 2.05) is 20.8 Å². The summed E-state index contributed by atoms with van der Waals surface area (Å²) in [5.74, 6) is 0.394. The fraction of sp³-hybridized carbons (Fsp3) is 0.833. The molecule has 3 heteroatoms. The first kappa shape index (κ1) is 8.69. The molecule has 0 aliphatic rings. The highest BCUT2D eigenvalue weighted by atomic mass is 28.2. The Morgan fingerprint density at radius 1 is 1.44 bits per heavy atom. The molecule has 0 saturated heterocycles. The standard InChI is InChI=1S/C6H14O2Si/c1-4(2)5(3)6(7)8-9/h4-5H,1-3,9H3. The van der Waals surface area contributed by atoms with E-state index in [4.69, 9.17) is 0 Å². The molecule has 0 aromatic carbocycles. The van der Waals surface area contributed by atoms with E-state index < -0.39 is 0 Å². The number of rotatable bonds is 2. The quantitative estimate of drug-likeness (QED) is 0.517. The lowest BCUT2D eigenvalue weighted by Crippen LogP contribution is -2.18. The summed E-state index contributed by atoms with van der Waals surface area (Å²) in [5.41, 5.74) is 0. The Morgan fingerprint density at radius 2 is 1.89 bits per heavy atom. The predicted octanol–water partition coefficient (Wildman–Crippen LogP) is 0.102. The molecule has 0 aliphatic heterocycles. The Morgan fingerprint density at radius 3 is 2.00 bits per heavy atom. The summed E-state index contributed by atoms with van der Waals surface area (Å²) < 4.78 is 4.67. The maximum Gasteiger partial charge on any atom is 0.294 e. The Labute approximate surface area is 59.1 Å². The maximum atomic E-state index is 10.8. The van der Waals surface area contributed by atoms with Gasteiger partial charge in [-0.1, -0.05) is 20.8 Å². The minimum absolute atomic E-state index is 0.0579. The normalized spacial score (nSPS) is 13.8. The zero-order valence-electron chi connectivity index (χ0n) is 6.47. The second-order valence-electron chi connectivity index (χ2n) is 2.56. The van der Waals surface area contributed by atoms with Crippen molar-refractivity contribution in [1.29, 1.82) is 0 Å². The third-order valence-electron chi connectivity index (χ3n) is 1.57. The molecule has 0 rings (SSSR count). The van der Waals surface area contributed by atoms with Gasteiger partial charge in [0, 0.05) is 0 Å². The maximum absolute atomic E-state index is 10.8. The van der Waals surface area contributed by atoms with Gasteiger partial charge in [0.05, 0.1) is 5.92 Å². The Hall–Kier alpha value is -0.313. The Balaban J connectivity index is 3.72. The third kappa shape index (κ3) is 2.65. The van der Waals surface area contributed by atoms with Crippen LogP contribution in [-0.2, 0) is 9.22 Å². The lowest BCUT2D eigenvalue weighted by atomic mass is 9.99. The van der Waals surface area contributed by atoms with Crippen LogP contribution in [0.25, 0.3) is 0 Å². The van der Waals surface area contributed by atoms with Gasteiger partial charge in [-0.2, -0.15) is 0 Å². The van der Waals surface area contributed by atoms with E-state index >= 15 is 0 Å². The van der Waals surface area contributed by atoms with Gasteiger partial charge in [0.15, 0.2) is 0 Å². The first-order valence-corrected chi connectivity index (χ1v) is 3.99. The van der Waals surface area contributed by atoms with Gasteiger partial charge in [-0.25, -0.2) is 0 Å². The van der Waals surface area contributed by atoms with Crippen LogP contribution in [0, 0.1) is 11.8 Å². The largest absolute Gasteiger partial charge is 0.529 e. The minimum Gasteiger partial charge on any atom is -0.529 e. The van der Waals surface area contributed by atoms with Gasteiger partial charge in [-0.3, -0.25) is 4.79 Å². The van der Waals surface area contributed by atoms with Crippen molar-refractivity contribution in [3.05, 3.63) is 0 Å². The van der Waals surface area contributed by atoms with E-state index in [2.05, 4.69) is 4.43 Å². The summed E-state index contributed by atoms with van der Waals surface area (Å²) in [6.45, 7) is 5.93. The molecule has 2 nitrogen and oxygen atoms in total. The van der Waals surface area contributed by atoms with Crippen molar-refractivity contribution in [2.45, 2.75) is 20.8 Å². The molecule has 0 aromatic heterocycles. The number of carbonyl (C=O) groups excluding carboxylic acids is 1. The van der Waals surface area contributed by atoms with E-state index in [9.17, 15) is 4.79 Å². The van der Waals surface area contributed by atoms with Gasteiger partial charge < -0.3 is 4.43 Å². The lowest BCUT2D eigenvalue weighted by molar-refractivity contribution is -0.139. The highest BCUT2D eigenvalue weighted by Gasteiger charge is 2.15. The monoisotopic (exact) mass is 146 g/mol. The highest BCUT2D eigenvalue weighted by molar-refractivity contribution is 6.05. The first-order chi connectivity index (χ1) is 4.09. The molecule has 0 saturated carbocycles. The Kier molecular flexibility index (Phi) is 3.54. The fourth-order valence-corrected chi connectivity index (χ4v) is 0.830. The van der Waals surface area contributed by atoms with Crippen LogP contribution in [0.4, 0.5) is 0 Å².